The number of sulfone groups is 1. The van der Waals surface area contributed by atoms with Crippen molar-refractivity contribution in [2.75, 3.05) is 35.3 Å². The van der Waals surface area contributed by atoms with Crippen LogP contribution in [0.25, 0.3) is 0 Å². The molecule has 2 heterocycles. The first-order valence-corrected chi connectivity index (χ1v) is 8.72. The molecule has 0 bridgehead atoms. The highest BCUT2D eigenvalue weighted by Crippen LogP contribution is 2.27. The number of nitrogens with zero attached hydrogens (tertiary/aromatic N) is 3. The molecule has 1 aromatic rings. The molecule has 7 heteroatoms. The number of nitrogens with one attached hydrogen (secondary N) is 1. The predicted octanol–water partition coefficient (Wildman–Crippen LogP) is 1.01. The van der Waals surface area contributed by atoms with Crippen LogP contribution in [-0.2, 0) is 16.3 Å². The van der Waals surface area contributed by atoms with Crippen molar-refractivity contribution in [1.29, 1.82) is 0 Å². The second kappa shape index (κ2) is 5.55. The first kappa shape index (κ1) is 15.0. The van der Waals surface area contributed by atoms with E-state index in [1.807, 2.05) is 27.8 Å². The van der Waals surface area contributed by atoms with Gasteiger partial charge in [0, 0.05) is 31.6 Å². The monoisotopic (exact) mass is 298 g/mol. The Bertz CT molecular complexity index is 601. The van der Waals surface area contributed by atoms with Crippen LogP contribution in [0.3, 0.4) is 0 Å². The minimum atomic E-state index is -2.92. The Kier molecular flexibility index (Phi) is 4.17. The molecule has 0 amide bonds. The molecular weight excluding hydrogens is 276 g/mol. The van der Waals surface area contributed by atoms with Gasteiger partial charge in [-0.3, -0.25) is 0 Å². The summed E-state index contributed by atoms with van der Waals surface area (Å²) < 4.78 is 23.4. The zero-order valence-corrected chi connectivity index (χ0v) is 13.3. The summed E-state index contributed by atoms with van der Waals surface area (Å²) in [4.78, 5) is 11.1. The molecule has 1 atom stereocenters. The van der Waals surface area contributed by atoms with Gasteiger partial charge in [-0.05, 0) is 13.8 Å². The van der Waals surface area contributed by atoms with Crippen LogP contribution < -0.4 is 10.2 Å². The maximum atomic E-state index is 11.7. The quantitative estimate of drug-likeness (QED) is 0.897. The summed E-state index contributed by atoms with van der Waals surface area (Å²) in [7, 11) is -1.08. The third-order valence-electron chi connectivity index (χ3n) is 3.66. The Morgan fingerprint density at radius 1 is 1.40 bits per heavy atom. The molecule has 0 aromatic carbocycles. The minimum absolute atomic E-state index is 0.0586. The molecule has 6 nitrogen and oxygen atoms in total. The molecule has 0 aliphatic carbocycles. The summed E-state index contributed by atoms with van der Waals surface area (Å²) in [6.07, 6.45) is 0.752. The number of hydrogen-bond acceptors (Lipinski definition) is 6. The third-order valence-corrected chi connectivity index (χ3v) is 5.46. The average Bonchev–Trinajstić information content (AvgIpc) is 2.39. The third kappa shape index (κ3) is 2.87. The van der Waals surface area contributed by atoms with Crippen molar-refractivity contribution in [3.63, 3.8) is 0 Å². The first-order chi connectivity index (χ1) is 9.38. The van der Waals surface area contributed by atoms with Gasteiger partial charge in [0.25, 0.3) is 0 Å². The predicted molar refractivity (Wildman–Crippen MR) is 81.2 cm³/mol. The number of hydrogen-bond donors (Lipinski definition) is 1. The fraction of sp³-hybridized carbons (Fsp3) is 0.692. The highest BCUT2D eigenvalue weighted by Gasteiger charge is 2.30. The highest BCUT2D eigenvalue weighted by atomic mass is 32.2. The highest BCUT2D eigenvalue weighted by molar-refractivity contribution is 7.91. The lowest BCUT2D eigenvalue weighted by molar-refractivity contribution is 0.566. The molecule has 1 aromatic heterocycles. The van der Waals surface area contributed by atoms with Crippen LogP contribution >= 0.6 is 0 Å². The zero-order valence-electron chi connectivity index (χ0n) is 12.5. The van der Waals surface area contributed by atoms with Crippen molar-refractivity contribution in [1.82, 2.24) is 9.97 Å². The molecular formula is C13H22N4O2S. The second-order valence-electron chi connectivity index (χ2n) is 5.20. The Balaban J connectivity index is 2.42. The fourth-order valence-electron chi connectivity index (χ4n) is 2.54. The summed E-state index contributed by atoms with van der Waals surface area (Å²) in [5.41, 5.74) is 0.968. The van der Waals surface area contributed by atoms with Crippen molar-refractivity contribution in [2.45, 2.75) is 33.2 Å². The van der Waals surface area contributed by atoms with Gasteiger partial charge in [0.15, 0.2) is 9.84 Å². The smallest absolute Gasteiger partial charge is 0.154 e. The second-order valence-corrected chi connectivity index (χ2v) is 7.43. The summed E-state index contributed by atoms with van der Waals surface area (Å²) in [5.74, 6) is 2.82. The van der Waals surface area contributed by atoms with E-state index in [0.717, 1.165) is 29.4 Å². The van der Waals surface area contributed by atoms with Crippen LogP contribution in [0.1, 0.15) is 25.2 Å². The summed E-state index contributed by atoms with van der Waals surface area (Å²) in [6.45, 7) is 6.41. The maximum absolute atomic E-state index is 11.7. The Morgan fingerprint density at radius 2 is 2.10 bits per heavy atom. The van der Waals surface area contributed by atoms with Gasteiger partial charge in [-0.2, -0.15) is 0 Å². The molecule has 1 unspecified atom stereocenters. The molecule has 112 valence electrons. The molecule has 2 rings (SSSR count). The van der Waals surface area contributed by atoms with E-state index < -0.39 is 9.84 Å². The zero-order chi connectivity index (χ0) is 14.9. The van der Waals surface area contributed by atoms with Gasteiger partial charge < -0.3 is 10.2 Å². The van der Waals surface area contributed by atoms with Gasteiger partial charge >= 0.3 is 0 Å². The van der Waals surface area contributed by atoms with E-state index in [1.54, 1.807) is 0 Å². The molecule has 1 N–H and O–H groups in total. The Hall–Kier alpha value is -1.37. The lowest BCUT2D eigenvalue weighted by Gasteiger charge is -2.35. The average molecular weight is 298 g/mol. The molecule has 0 saturated carbocycles. The fourth-order valence-corrected chi connectivity index (χ4v) is 4.10. The number of anilines is 2. The standard InChI is InChI=1S/C13H22N4O2S/c1-5-11-15-12(14-4)10(3)13(16-11)17-6-7-20(18,19)8-9(17)2/h9H,5-8H2,1-4H3,(H,14,15,16). The van der Waals surface area contributed by atoms with E-state index in [9.17, 15) is 8.42 Å². The molecule has 1 aliphatic heterocycles. The van der Waals surface area contributed by atoms with E-state index >= 15 is 0 Å². The van der Waals surface area contributed by atoms with Crippen molar-refractivity contribution in [2.24, 2.45) is 0 Å². The molecule has 1 aliphatic rings. The van der Waals surface area contributed by atoms with Gasteiger partial charge in [0.1, 0.15) is 17.5 Å². The van der Waals surface area contributed by atoms with E-state index in [2.05, 4.69) is 20.2 Å². The van der Waals surface area contributed by atoms with Crippen molar-refractivity contribution in [3.8, 4) is 0 Å². The lowest BCUT2D eigenvalue weighted by atomic mass is 10.2. The van der Waals surface area contributed by atoms with E-state index in [1.165, 1.54) is 0 Å². The topological polar surface area (TPSA) is 75.2 Å². The summed E-state index contributed by atoms with van der Waals surface area (Å²) >= 11 is 0. The van der Waals surface area contributed by atoms with E-state index in [0.29, 0.717) is 6.54 Å². The van der Waals surface area contributed by atoms with Gasteiger partial charge in [-0.1, -0.05) is 6.92 Å². The number of aryl methyl sites for hydroxylation is 1. The molecule has 1 saturated heterocycles. The van der Waals surface area contributed by atoms with Crippen LogP contribution in [0.5, 0.6) is 0 Å². The molecule has 0 spiro atoms. The van der Waals surface area contributed by atoms with Crippen LogP contribution in [-0.4, -0.2) is 49.5 Å². The normalized spacial score (nSPS) is 21.8. The van der Waals surface area contributed by atoms with Crippen LogP contribution in [0.15, 0.2) is 0 Å². The van der Waals surface area contributed by atoms with Gasteiger partial charge in [0.2, 0.25) is 0 Å². The maximum Gasteiger partial charge on any atom is 0.154 e. The van der Waals surface area contributed by atoms with E-state index in [-0.39, 0.29) is 17.5 Å². The number of rotatable bonds is 3. The molecule has 20 heavy (non-hydrogen) atoms. The minimum Gasteiger partial charge on any atom is -0.373 e. The summed E-state index contributed by atoms with van der Waals surface area (Å²) in [5, 5.41) is 3.08. The lowest BCUT2D eigenvalue weighted by Crippen LogP contribution is -2.47. The largest absolute Gasteiger partial charge is 0.373 e. The first-order valence-electron chi connectivity index (χ1n) is 6.90. The number of aromatic nitrogens is 2. The van der Waals surface area contributed by atoms with Crippen LogP contribution in [0, 0.1) is 6.92 Å². The Morgan fingerprint density at radius 3 is 2.65 bits per heavy atom. The molecule has 0 radical (unpaired) electrons. The van der Waals surface area contributed by atoms with Gasteiger partial charge in [-0.15, -0.1) is 0 Å². The summed E-state index contributed by atoms with van der Waals surface area (Å²) in [6, 6.07) is -0.0586. The van der Waals surface area contributed by atoms with Crippen molar-refractivity contribution in [3.05, 3.63) is 11.4 Å². The molecule has 1 fully saturated rings. The SMILES string of the molecule is CCc1nc(NC)c(C)c(N2CCS(=O)(=O)CC2C)n1. The van der Waals surface area contributed by atoms with E-state index in [4.69, 9.17) is 0 Å². The van der Waals surface area contributed by atoms with Gasteiger partial charge in [0.05, 0.1) is 11.5 Å². The van der Waals surface area contributed by atoms with Crippen LogP contribution in [0.2, 0.25) is 0 Å². The Labute approximate surface area is 120 Å². The van der Waals surface area contributed by atoms with Crippen molar-refractivity contribution >= 4 is 21.5 Å². The van der Waals surface area contributed by atoms with Crippen molar-refractivity contribution < 1.29 is 8.42 Å². The van der Waals surface area contributed by atoms with Crippen LogP contribution in [0.4, 0.5) is 11.6 Å². The van der Waals surface area contributed by atoms with Gasteiger partial charge in [-0.25, -0.2) is 18.4 Å².